The van der Waals surface area contributed by atoms with E-state index in [1.807, 2.05) is 18.1 Å². The first-order valence-corrected chi connectivity index (χ1v) is 9.92. The number of nitrogens with zero attached hydrogens (tertiary/aromatic N) is 3. The summed E-state index contributed by atoms with van der Waals surface area (Å²) in [7, 11) is 1.99. The summed E-state index contributed by atoms with van der Waals surface area (Å²) in [6.45, 7) is 3.00. The number of hydrogen-bond donors (Lipinski definition) is 0. The van der Waals surface area contributed by atoms with Gasteiger partial charge in [-0.25, -0.2) is 4.98 Å². The van der Waals surface area contributed by atoms with Crippen molar-refractivity contribution in [3.8, 4) is 0 Å². The molecule has 5 heteroatoms. The van der Waals surface area contributed by atoms with E-state index in [0.29, 0.717) is 17.7 Å². The minimum Gasteiger partial charge on any atom is -0.356 e. The van der Waals surface area contributed by atoms with Gasteiger partial charge in [0, 0.05) is 48.9 Å². The van der Waals surface area contributed by atoms with E-state index in [2.05, 4.69) is 27.4 Å². The second-order valence-corrected chi connectivity index (χ2v) is 8.19. The predicted octanol–water partition coefficient (Wildman–Crippen LogP) is 3.77. The fourth-order valence-electron chi connectivity index (χ4n) is 3.90. The van der Waals surface area contributed by atoms with Crippen LogP contribution < -0.4 is 4.90 Å². The van der Waals surface area contributed by atoms with Crippen molar-refractivity contribution in [2.75, 3.05) is 31.6 Å². The molecule has 0 atom stereocenters. The van der Waals surface area contributed by atoms with Crippen molar-refractivity contribution < 1.29 is 4.79 Å². The normalized spacial score (nSPS) is 19.5. The van der Waals surface area contributed by atoms with E-state index in [1.54, 1.807) is 11.3 Å². The molecule has 0 aromatic carbocycles. The molecule has 1 saturated carbocycles. The Morgan fingerprint density at radius 2 is 2.08 bits per heavy atom. The highest BCUT2D eigenvalue weighted by Crippen LogP contribution is 2.32. The van der Waals surface area contributed by atoms with Crippen LogP contribution in [0.4, 0.5) is 5.82 Å². The summed E-state index contributed by atoms with van der Waals surface area (Å²) in [6.07, 6.45) is 7.62. The standard InChI is InChI=1S/C19H25N3OS/c1-21(19(23)15-3-2-4-15)13-14-6-10-22(11-7-14)18-16-8-12-24-17(16)5-9-20-18/h5,8-9,12,14-15H,2-4,6-7,10-11,13H2,1H3. The Morgan fingerprint density at radius 3 is 2.79 bits per heavy atom. The summed E-state index contributed by atoms with van der Waals surface area (Å²) in [5.41, 5.74) is 0. The van der Waals surface area contributed by atoms with Gasteiger partial charge in [-0.2, -0.15) is 0 Å². The number of thiophene rings is 1. The number of aromatic nitrogens is 1. The molecule has 24 heavy (non-hydrogen) atoms. The van der Waals surface area contributed by atoms with Gasteiger partial charge in [0.25, 0.3) is 0 Å². The van der Waals surface area contributed by atoms with Crippen LogP contribution in [0.15, 0.2) is 23.7 Å². The fourth-order valence-corrected chi connectivity index (χ4v) is 4.68. The van der Waals surface area contributed by atoms with Crippen LogP contribution in [0.2, 0.25) is 0 Å². The highest BCUT2D eigenvalue weighted by Gasteiger charge is 2.30. The quantitative estimate of drug-likeness (QED) is 0.848. The van der Waals surface area contributed by atoms with Crippen molar-refractivity contribution >= 4 is 33.1 Å². The first kappa shape index (κ1) is 15.9. The third-order valence-corrected chi connectivity index (χ3v) is 6.52. The van der Waals surface area contributed by atoms with Crippen LogP contribution in [0.3, 0.4) is 0 Å². The number of hydrogen-bond acceptors (Lipinski definition) is 4. The molecule has 2 aromatic rings. The zero-order valence-corrected chi connectivity index (χ0v) is 15.1. The molecule has 0 spiro atoms. The second-order valence-electron chi connectivity index (χ2n) is 7.24. The molecule has 0 N–H and O–H groups in total. The molecule has 0 bridgehead atoms. The molecular weight excluding hydrogens is 318 g/mol. The lowest BCUT2D eigenvalue weighted by Gasteiger charge is -2.36. The van der Waals surface area contributed by atoms with E-state index in [1.165, 1.54) is 16.5 Å². The SMILES string of the molecule is CN(CC1CCN(c2nccc3sccc23)CC1)C(=O)C1CCC1. The summed E-state index contributed by atoms with van der Waals surface area (Å²) >= 11 is 1.78. The Labute approximate surface area is 147 Å². The minimum absolute atomic E-state index is 0.315. The maximum Gasteiger partial charge on any atom is 0.225 e. The molecule has 2 aromatic heterocycles. The van der Waals surface area contributed by atoms with Crippen LogP contribution >= 0.6 is 11.3 Å². The number of pyridine rings is 1. The topological polar surface area (TPSA) is 36.4 Å². The fraction of sp³-hybridized carbons (Fsp3) is 0.579. The van der Waals surface area contributed by atoms with Gasteiger partial charge in [0.05, 0.1) is 0 Å². The summed E-state index contributed by atoms with van der Waals surface area (Å²) < 4.78 is 1.31. The molecule has 1 aliphatic heterocycles. The number of amides is 1. The highest BCUT2D eigenvalue weighted by atomic mass is 32.1. The molecule has 1 aliphatic carbocycles. The number of carbonyl (C=O) groups is 1. The van der Waals surface area contributed by atoms with Crippen LogP contribution in [0.25, 0.3) is 10.1 Å². The van der Waals surface area contributed by atoms with Crippen molar-refractivity contribution in [2.24, 2.45) is 11.8 Å². The lowest BCUT2D eigenvalue weighted by Crippen LogP contribution is -2.42. The Hall–Kier alpha value is -1.62. The first-order valence-electron chi connectivity index (χ1n) is 9.04. The predicted molar refractivity (Wildman–Crippen MR) is 99.5 cm³/mol. The van der Waals surface area contributed by atoms with Crippen molar-refractivity contribution in [1.82, 2.24) is 9.88 Å². The van der Waals surface area contributed by atoms with Gasteiger partial charge < -0.3 is 9.80 Å². The zero-order chi connectivity index (χ0) is 16.5. The summed E-state index contributed by atoms with van der Waals surface area (Å²) in [5.74, 6) is 2.44. The maximum absolute atomic E-state index is 12.3. The van der Waals surface area contributed by atoms with Gasteiger partial charge in [-0.1, -0.05) is 6.42 Å². The highest BCUT2D eigenvalue weighted by molar-refractivity contribution is 7.17. The number of rotatable bonds is 4. The number of anilines is 1. The number of carbonyl (C=O) groups excluding carboxylic acids is 1. The van der Waals surface area contributed by atoms with Gasteiger partial charge in [0.15, 0.2) is 0 Å². The molecule has 0 radical (unpaired) electrons. The van der Waals surface area contributed by atoms with Crippen molar-refractivity contribution in [2.45, 2.75) is 32.1 Å². The molecule has 0 unspecified atom stereocenters. The number of fused-ring (bicyclic) bond motifs is 1. The van der Waals surface area contributed by atoms with Gasteiger partial charge in [-0.05, 0) is 49.1 Å². The maximum atomic E-state index is 12.3. The van der Waals surface area contributed by atoms with E-state index in [-0.39, 0.29) is 0 Å². The van der Waals surface area contributed by atoms with Crippen LogP contribution in [0, 0.1) is 11.8 Å². The first-order chi connectivity index (χ1) is 11.7. The second kappa shape index (κ2) is 6.71. The molecule has 2 fully saturated rings. The van der Waals surface area contributed by atoms with E-state index in [9.17, 15) is 4.79 Å². The minimum atomic E-state index is 0.315. The molecule has 128 valence electrons. The van der Waals surface area contributed by atoms with E-state index in [4.69, 9.17) is 0 Å². The lowest BCUT2D eigenvalue weighted by atomic mass is 9.84. The van der Waals surface area contributed by atoms with E-state index >= 15 is 0 Å². The molecular formula is C19H25N3OS. The zero-order valence-electron chi connectivity index (χ0n) is 14.3. The van der Waals surface area contributed by atoms with Crippen LogP contribution in [-0.4, -0.2) is 42.5 Å². The Kier molecular flexibility index (Phi) is 4.44. The van der Waals surface area contributed by atoms with Gasteiger partial charge in [-0.3, -0.25) is 4.79 Å². The average Bonchev–Trinajstić information content (AvgIpc) is 3.02. The average molecular weight is 343 g/mol. The Balaban J connectivity index is 1.35. The van der Waals surface area contributed by atoms with E-state index in [0.717, 1.165) is 51.1 Å². The van der Waals surface area contributed by atoms with Crippen LogP contribution in [0.5, 0.6) is 0 Å². The molecule has 2 aliphatic rings. The van der Waals surface area contributed by atoms with Gasteiger partial charge >= 0.3 is 0 Å². The van der Waals surface area contributed by atoms with Gasteiger partial charge in [0.2, 0.25) is 5.91 Å². The Bertz CT molecular complexity index is 716. The van der Waals surface area contributed by atoms with Crippen LogP contribution in [0.1, 0.15) is 32.1 Å². The largest absolute Gasteiger partial charge is 0.356 e. The van der Waals surface area contributed by atoms with Gasteiger partial charge in [0.1, 0.15) is 5.82 Å². The van der Waals surface area contributed by atoms with Crippen molar-refractivity contribution in [3.63, 3.8) is 0 Å². The van der Waals surface area contributed by atoms with Gasteiger partial charge in [-0.15, -0.1) is 11.3 Å². The van der Waals surface area contributed by atoms with Crippen molar-refractivity contribution in [1.29, 1.82) is 0 Å². The summed E-state index contributed by atoms with van der Waals surface area (Å²) in [5, 5.41) is 3.42. The monoisotopic (exact) mass is 343 g/mol. The van der Waals surface area contributed by atoms with E-state index < -0.39 is 0 Å². The summed E-state index contributed by atoms with van der Waals surface area (Å²) in [6, 6.07) is 4.27. The molecule has 3 heterocycles. The molecule has 4 nitrogen and oxygen atoms in total. The smallest absolute Gasteiger partial charge is 0.225 e. The molecule has 1 amide bonds. The number of piperidine rings is 1. The Morgan fingerprint density at radius 1 is 1.29 bits per heavy atom. The molecule has 1 saturated heterocycles. The van der Waals surface area contributed by atoms with Crippen molar-refractivity contribution in [3.05, 3.63) is 23.7 Å². The van der Waals surface area contributed by atoms with Crippen LogP contribution in [-0.2, 0) is 4.79 Å². The summed E-state index contributed by atoms with van der Waals surface area (Å²) in [4.78, 5) is 21.3. The molecule has 4 rings (SSSR count). The lowest BCUT2D eigenvalue weighted by molar-refractivity contribution is -0.137. The third-order valence-electron chi connectivity index (χ3n) is 5.64. The third kappa shape index (κ3) is 3.02.